The molecular formula is C29H37ClN4O4S2. The van der Waals surface area contributed by atoms with Crippen LogP contribution in [0.5, 0.6) is 0 Å². The molecule has 5 rings (SSSR count). The highest BCUT2D eigenvalue weighted by Gasteiger charge is 2.32. The van der Waals surface area contributed by atoms with E-state index in [1.165, 1.54) is 11.3 Å². The summed E-state index contributed by atoms with van der Waals surface area (Å²) in [5.41, 5.74) is 2.22. The summed E-state index contributed by atoms with van der Waals surface area (Å²) in [6.07, 6.45) is 1.80. The van der Waals surface area contributed by atoms with Gasteiger partial charge in [-0.2, -0.15) is 4.31 Å². The standard InChI is InChI=1S/C29H37ClN4O4S2/c1-20-17-21(2)19-33(18-20)40(36,37)24-8-6-23(7-9-24)28(35)34(12-4-11-32-13-15-38-16-14-32)29-31-26-22(3)5-10-25(30)27(26)39-29/h5-10,20-21H,4,11-19H2,1-3H3. The van der Waals surface area contributed by atoms with Gasteiger partial charge in [-0.3, -0.25) is 14.6 Å². The van der Waals surface area contributed by atoms with Gasteiger partial charge in [0.1, 0.15) is 0 Å². The van der Waals surface area contributed by atoms with Gasteiger partial charge in [0.05, 0.1) is 33.3 Å². The average Bonchev–Trinajstić information content (AvgIpc) is 3.40. The quantitative estimate of drug-likeness (QED) is 0.347. The van der Waals surface area contributed by atoms with Crippen LogP contribution in [-0.2, 0) is 14.8 Å². The van der Waals surface area contributed by atoms with Crippen molar-refractivity contribution >= 4 is 54.2 Å². The Morgan fingerprint density at radius 3 is 2.42 bits per heavy atom. The van der Waals surface area contributed by atoms with Gasteiger partial charge in [-0.05, 0) is 67.5 Å². The molecule has 2 aliphatic rings. The molecular weight excluding hydrogens is 568 g/mol. The molecule has 3 aromatic rings. The average molecular weight is 605 g/mol. The summed E-state index contributed by atoms with van der Waals surface area (Å²) in [6, 6.07) is 10.1. The van der Waals surface area contributed by atoms with E-state index in [0.29, 0.717) is 47.2 Å². The zero-order valence-electron chi connectivity index (χ0n) is 23.3. The lowest BCUT2D eigenvalue weighted by Crippen LogP contribution is -2.42. The van der Waals surface area contributed by atoms with Crippen LogP contribution in [0, 0.1) is 18.8 Å². The first kappa shape index (κ1) is 29.4. The number of hydrogen-bond acceptors (Lipinski definition) is 7. The SMILES string of the molecule is Cc1ccc(Cl)c2sc(N(CCCN3CCOCC3)C(=O)c3ccc(S(=O)(=O)N4CC(C)CC(C)C4)cc3)nc12. The minimum absolute atomic E-state index is 0.209. The number of aryl methyl sites for hydroxylation is 1. The maximum atomic E-state index is 13.9. The van der Waals surface area contributed by atoms with Crippen LogP contribution in [0.4, 0.5) is 5.13 Å². The van der Waals surface area contributed by atoms with E-state index >= 15 is 0 Å². The van der Waals surface area contributed by atoms with Gasteiger partial charge in [-0.15, -0.1) is 0 Å². The van der Waals surface area contributed by atoms with E-state index in [1.807, 2.05) is 19.1 Å². The van der Waals surface area contributed by atoms with Crippen LogP contribution < -0.4 is 4.90 Å². The van der Waals surface area contributed by atoms with Crippen molar-refractivity contribution in [3.63, 3.8) is 0 Å². The molecule has 8 nitrogen and oxygen atoms in total. The predicted octanol–water partition coefficient (Wildman–Crippen LogP) is 5.29. The van der Waals surface area contributed by atoms with E-state index in [9.17, 15) is 13.2 Å². The largest absolute Gasteiger partial charge is 0.379 e. The number of ether oxygens (including phenoxy) is 1. The minimum Gasteiger partial charge on any atom is -0.379 e. The summed E-state index contributed by atoms with van der Waals surface area (Å²) in [6.45, 7) is 11.7. The Morgan fingerprint density at radius 2 is 1.77 bits per heavy atom. The second-order valence-corrected chi connectivity index (χ2v) is 14.4. The molecule has 2 saturated heterocycles. The fraction of sp³-hybridized carbons (Fsp3) is 0.517. The highest BCUT2D eigenvalue weighted by molar-refractivity contribution is 7.89. The van der Waals surface area contributed by atoms with Crippen LogP contribution in [0.25, 0.3) is 10.2 Å². The molecule has 3 heterocycles. The Kier molecular flexibility index (Phi) is 9.14. The third-order valence-electron chi connectivity index (χ3n) is 7.70. The number of aromatic nitrogens is 1. The molecule has 1 amide bonds. The first-order valence-corrected chi connectivity index (χ1v) is 16.5. The topological polar surface area (TPSA) is 83.0 Å². The molecule has 0 N–H and O–H groups in total. The first-order valence-electron chi connectivity index (χ1n) is 13.9. The zero-order chi connectivity index (χ0) is 28.4. The number of rotatable bonds is 8. The third kappa shape index (κ3) is 6.37. The fourth-order valence-corrected chi connectivity index (χ4v) is 8.66. The second kappa shape index (κ2) is 12.4. The number of carbonyl (C=O) groups is 1. The van der Waals surface area contributed by atoms with Crippen LogP contribution in [0.3, 0.4) is 0 Å². The van der Waals surface area contributed by atoms with Crippen molar-refractivity contribution < 1.29 is 17.9 Å². The minimum atomic E-state index is -3.63. The van der Waals surface area contributed by atoms with Crippen molar-refractivity contribution in [2.24, 2.45) is 11.8 Å². The summed E-state index contributed by atoms with van der Waals surface area (Å²) < 4.78 is 34.6. The number of piperidine rings is 1. The summed E-state index contributed by atoms with van der Waals surface area (Å²) in [5.74, 6) is 0.423. The highest BCUT2D eigenvalue weighted by Crippen LogP contribution is 2.36. The van der Waals surface area contributed by atoms with Crippen LogP contribution >= 0.6 is 22.9 Å². The normalized spacial score (nSPS) is 21.1. The maximum absolute atomic E-state index is 13.9. The van der Waals surface area contributed by atoms with Crippen LogP contribution in [0.15, 0.2) is 41.3 Å². The lowest BCUT2D eigenvalue weighted by molar-refractivity contribution is 0.0376. The van der Waals surface area contributed by atoms with Gasteiger partial charge in [0.2, 0.25) is 10.0 Å². The molecule has 2 fully saturated rings. The number of nitrogens with zero attached hydrogens (tertiary/aromatic N) is 4. The summed E-state index contributed by atoms with van der Waals surface area (Å²) in [7, 11) is -3.63. The van der Waals surface area contributed by atoms with E-state index in [-0.39, 0.29) is 10.8 Å². The number of morpholine rings is 1. The number of halogens is 1. The van der Waals surface area contributed by atoms with E-state index < -0.39 is 10.0 Å². The van der Waals surface area contributed by atoms with Crippen molar-refractivity contribution in [2.75, 3.05) is 57.4 Å². The number of hydrogen-bond donors (Lipinski definition) is 0. The predicted molar refractivity (Wildman–Crippen MR) is 161 cm³/mol. The summed E-state index contributed by atoms with van der Waals surface area (Å²) in [4.78, 5) is 23.0. The highest BCUT2D eigenvalue weighted by atomic mass is 35.5. The number of amides is 1. The molecule has 216 valence electrons. The Balaban J connectivity index is 1.39. The summed E-state index contributed by atoms with van der Waals surface area (Å²) >= 11 is 7.89. The molecule has 2 unspecified atom stereocenters. The van der Waals surface area contributed by atoms with Crippen molar-refractivity contribution in [2.45, 2.75) is 38.5 Å². The Bertz CT molecular complexity index is 1410. The fourth-order valence-electron chi connectivity index (χ4n) is 5.64. The zero-order valence-corrected chi connectivity index (χ0v) is 25.7. The van der Waals surface area contributed by atoms with E-state index in [2.05, 4.69) is 18.7 Å². The van der Waals surface area contributed by atoms with Crippen LogP contribution in [-0.4, -0.2) is 81.0 Å². The van der Waals surface area contributed by atoms with Gasteiger partial charge in [0, 0.05) is 44.8 Å². The lowest BCUT2D eigenvalue weighted by atomic mass is 9.94. The molecule has 0 aliphatic carbocycles. The van der Waals surface area contributed by atoms with Crippen molar-refractivity contribution in [3.8, 4) is 0 Å². The monoisotopic (exact) mass is 604 g/mol. The van der Waals surface area contributed by atoms with Crippen molar-refractivity contribution in [1.82, 2.24) is 14.2 Å². The van der Waals surface area contributed by atoms with E-state index in [0.717, 1.165) is 61.5 Å². The maximum Gasteiger partial charge on any atom is 0.260 e. The smallest absolute Gasteiger partial charge is 0.260 e. The Hall–Kier alpha value is -2.08. The molecule has 2 aromatic carbocycles. The number of carbonyl (C=O) groups excluding carboxylic acids is 1. The van der Waals surface area contributed by atoms with Crippen molar-refractivity contribution in [1.29, 1.82) is 0 Å². The summed E-state index contributed by atoms with van der Waals surface area (Å²) in [5, 5.41) is 1.20. The number of benzene rings is 2. The molecule has 11 heteroatoms. The van der Waals surface area contributed by atoms with Gasteiger partial charge < -0.3 is 4.74 Å². The Labute approximate surface area is 245 Å². The van der Waals surface area contributed by atoms with Gasteiger partial charge >= 0.3 is 0 Å². The van der Waals surface area contributed by atoms with Gasteiger partial charge in [0.15, 0.2) is 5.13 Å². The second-order valence-electron chi connectivity index (χ2n) is 11.1. The molecule has 2 aliphatic heterocycles. The first-order chi connectivity index (χ1) is 19.1. The van der Waals surface area contributed by atoms with E-state index in [1.54, 1.807) is 33.5 Å². The third-order valence-corrected chi connectivity index (χ3v) is 11.1. The van der Waals surface area contributed by atoms with E-state index in [4.69, 9.17) is 21.3 Å². The molecule has 40 heavy (non-hydrogen) atoms. The molecule has 0 bridgehead atoms. The van der Waals surface area contributed by atoms with Gasteiger partial charge in [-0.1, -0.05) is 42.9 Å². The number of anilines is 1. The molecule has 2 atom stereocenters. The number of fused-ring (bicyclic) bond motifs is 1. The molecule has 0 radical (unpaired) electrons. The van der Waals surface area contributed by atoms with Crippen molar-refractivity contribution in [3.05, 3.63) is 52.5 Å². The van der Waals surface area contributed by atoms with Gasteiger partial charge in [0.25, 0.3) is 5.91 Å². The molecule has 0 spiro atoms. The van der Waals surface area contributed by atoms with Crippen LogP contribution in [0.1, 0.15) is 42.6 Å². The number of thiazole rings is 1. The number of sulfonamides is 1. The Morgan fingerprint density at radius 1 is 1.10 bits per heavy atom. The molecule has 0 saturated carbocycles. The van der Waals surface area contributed by atoms with Gasteiger partial charge in [-0.25, -0.2) is 13.4 Å². The van der Waals surface area contributed by atoms with Crippen LogP contribution in [0.2, 0.25) is 5.02 Å². The molecule has 1 aromatic heterocycles. The lowest BCUT2D eigenvalue weighted by Gasteiger charge is -2.34.